The van der Waals surface area contributed by atoms with Crippen molar-refractivity contribution in [3.8, 4) is 22.8 Å². The van der Waals surface area contributed by atoms with E-state index in [4.69, 9.17) is 4.74 Å². The highest BCUT2D eigenvalue weighted by Crippen LogP contribution is 2.43. The monoisotopic (exact) mass is 470 g/mol. The number of rotatable bonds is 3. The maximum atomic E-state index is 6.20. The lowest BCUT2D eigenvalue weighted by atomic mass is 9.85. The van der Waals surface area contributed by atoms with Gasteiger partial charge in [-0.2, -0.15) is 0 Å². The van der Waals surface area contributed by atoms with E-state index in [-0.39, 0.29) is 0 Å². The second kappa shape index (κ2) is 7.49. The van der Waals surface area contributed by atoms with Crippen LogP contribution in [0.2, 0.25) is 0 Å². The molecule has 0 unspecified atom stereocenters. The largest absolute Gasteiger partial charge is 0.437 e. The van der Waals surface area contributed by atoms with Crippen LogP contribution >= 0.6 is 11.3 Å². The lowest BCUT2D eigenvalue weighted by Gasteiger charge is -2.18. The first-order valence-corrected chi connectivity index (χ1v) is 12.6. The van der Waals surface area contributed by atoms with E-state index in [2.05, 4.69) is 85.3 Å². The lowest BCUT2D eigenvalue weighted by Crippen LogP contribution is -1.94. The van der Waals surface area contributed by atoms with Gasteiger partial charge in [0, 0.05) is 0 Å². The maximum absolute atomic E-state index is 6.20. The number of fused-ring (bicyclic) bond motifs is 1. The lowest BCUT2D eigenvalue weighted by molar-refractivity contribution is 0.469. The van der Waals surface area contributed by atoms with Gasteiger partial charge in [0.25, 0.3) is 0 Å². The molecule has 0 N–H and O–H groups in total. The highest BCUT2D eigenvalue weighted by Gasteiger charge is 2.17. The molecule has 0 aliphatic heterocycles. The summed E-state index contributed by atoms with van der Waals surface area (Å²) in [6.45, 7) is 6.58. The molecule has 2 aromatic heterocycles. The highest BCUT2D eigenvalue weighted by atomic mass is 32.1. The van der Waals surface area contributed by atoms with Crippen LogP contribution in [0.4, 0.5) is 0 Å². The zero-order valence-electron chi connectivity index (χ0n) is 19.7. The molecule has 168 valence electrons. The van der Waals surface area contributed by atoms with Gasteiger partial charge in [0.2, 0.25) is 5.88 Å². The number of benzene rings is 5. The van der Waals surface area contributed by atoms with E-state index in [1.807, 2.05) is 17.5 Å². The van der Waals surface area contributed by atoms with Gasteiger partial charge in [0.15, 0.2) is 0 Å². The van der Waals surface area contributed by atoms with Gasteiger partial charge >= 0.3 is 0 Å². The molecular formula is C31H22N2OS. The van der Waals surface area contributed by atoms with Crippen molar-refractivity contribution >= 4 is 53.9 Å². The van der Waals surface area contributed by atoms with Crippen molar-refractivity contribution in [3.05, 3.63) is 95.1 Å². The van der Waals surface area contributed by atoms with E-state index < -0.39 is 0 Å². The van der Waals surface area contributed by atoms with E-state index in [0.29, 0.717) is 5.88 Å². The molecule has 0 saturated heterocycles. The molecule has 0 atom stereocenters. The average molecular weight is 471 g/mol. The first kappa shape index (κ1) is 20.4. The molecule has 0 saturated carbocycles. The maximum Gasteiger partial charge on any atom is 0.240 e. The SMILES string of the molecule is Cc1cc(Oc2ncnc3ccsc23)ccc1-c1ccc2ccc3c(C)ccc4cc(C)c1c2c43. The smallest absolute Gasteiger partial charge is 0.240 e. The summed E-state index contributed by atoms with van der Waals surface area (Å²) < 4.78 is 7.16. The number of aryl methyl sites for hydroxylation is 3. The predicted molar refractivity (Wildman–Crippen MR) is 147 cm³/mol. The fourth-order valence-electron chi connectivity index (χ4n) is 5.45. The molecule has 0 bridgehead atoms. The zero-order chi connectivity index (χ0) is 23.7. The van der Waals surface area contributed by atoms with Gasteiger partial charge in [0.1, 0.15) is 16.8 Å². The van der Waals surface area contributed by atoms with E-state index >= 15 is 0 Å². The Balaban J connectivity index is 1.40. The van der Waals surface area contributed by atoms with Crippen molar-refractivity contribution in [2.75, 3.05) is 0 Å². The van der Waals surface area contributed by atoms with Crippen molar-refractivity contribution in [1.29, 1.82) is 0 Å². The average Bonchev–Trinajstić information content (AvgIpc) is 3.35. The molecule has 0 amide bonds. The molecule has 2 heterocycles. The third-order valence-corrected chi connectivity index (χ3v) is 7.98. The molecule has 7 rings (SSSR count). The molecule has 35 heavy (non-hydrogen) atoms. The first-order chi connectivity index (χ1) is 17.1. The minimum absolute atomic E-state index is 0.603. The quantitative estimate of drug-likeness (QED) is 0.242. The standard InChI is InChI=1S/C31H22N2OS/c1-17-4-5-21-14-19(3)27-25(10-7-20-6-9-24(17)28(21)29(20)27)23-11-8-22(15-18(23)2)34-31-30-26(12-13-35-30)32-16-33-31/h4-16H,1-3H3. The summed E-state index contributed by atoms with van der Waals surface area (Å²) in [5, 5.41) is 10.0. The normalized spacial score (nSPS) is 11.9. The van der Waals surface area contributed by atoms with Crippen molar-refractivity contribution in [2.24, 2.45) is 0 Å². The van der Waals surface area contributed by atoms with Crippen molar-refractivity contribution in [3.63, 3.8) is 0 Å². The van der Waals surface area contributed by atoms with E-state index in [1.54, 1.807) is 17.7 Å². The van der Waals surface area contributed by atoms with Crippen molar-refractivity contribution in [2.45, 2.75) is 20.8 Å². The molecular weight excluding hydrogens is 448 g/mol. The van der Waals surface area contributed by atoms with Crippen LogP contribution in [0.15, 0.2) is 78.4 Å². The minimum atomic E-state index is 0.603. The van der Waals surface area contributed by atoms with Crippen LogP contribution in [-0.4, -0.2) is 9.97 Å². The molecule has 5 aromatic carbocycles. The van der Waals surface area contributed by atoms with Gasteiger partial charge in [-0.1, -0.05) is 48.5 Å². The van der Waals surface area contributed by atoms with Gasteiger partial charge < -0.3 is 4.74 Å². The Bertz CT molecular complexity index is 1920. The van der Waals surface area contributed by atoms with E-state index in [0.717, 1.165) is 16.0 Å². The van der Waals surface area contributed by atoms with Crippen LogP contribution in [-0.2, 0) is 0 Å². The molecule has 3 nitrogen and oxygen atoms in total. The number of thiophene rings is 1. The van der Waals surface area contributed by atoms with Crippen molar-refractivity contribution in [1.82, 2.24) is 9.97 Å². The number of ether oxygens (including phenoxy) is 1. The van der Waals surface area contributed by atoms with E-state index in [9.17, 15) is 0 Å². The summed E-state index contributed by atoms with van der Waals surface area (Å²) in [6.07, 6.45) is 1.56. The Morgan fingerprint density at radius 1 is 0.657 bits per heavy atom. The molecule has 0 fully saturated rings. The van der Waals surface area contributed by atoms with Crippen LogP contribution in [0.5, 0.6) is 11.6 Å². The number of hydrogen-bond donors (Lipinski definition) is 0. The van der Waals surface area contributed by atoms with Crippen LogP contribution in [0.3, 0.4) is 0 Å². The van der Waals surface area contributed by atoms with Crippen molar-refractivity contribution < 1.29 is 4.74 Å². The Morgan fingerprint density at radius 3 is 2.37 bits per heavy atom. The summed E-state index contributed by atoms with van der Waals surface area (Å²) in [6, 6.07) is 24.2. The van der Waals surface area contributed by atoms with Gasteiger partial charge in [-0.3, -0.25) is 0 Å². The third kappa shape index (κ3) is 3.03. The van der Waals surface area contributed by atoms with Gasteiger partial charge in [0.05, 0.1) is 5.52 Å². The van der Waals surface area contributed by atoms with E-state index in [1.165, 1.54) is 60.1 Å². The van der Waals surface area contributed by atoms with Crippen LogP contribution in [0.25, 0.3) is 53.7 Å². The molecule has 4 heteroatoms. The predicted octanol–water partition coefficient (Wildman–Crippen LogP) is 8.97. The van der Waals surface area contributed by atoms with Crippen LogP contribution < -0.4 is 4.74 Å². The fourth-order valence-corrected chi connectivity index (χ4v) is 6.22. The molecule has 0 aliphatic carbocycles. The molecule has 0 spiro atoms. The van der Waals surface area contributed by atoms with Gasteiger partial charge in [-0.15, -0.1) is 11.3 Å². The third-order valence-electron chi connectivity index (χ3n) is 7.09. The zero-order valence-corrected chi connectivity index (χ0v) is 20.5. The summed E-state index contributed by atoms with van der Waals surface area (Å²) >= 11 is 1.59. The Morgan fingerprint density at radius 2 is 1.49 bits per heavy atom. The molecule has 0 aliphatic rings. The summed E-state index contributed by atoms with van der Waals surface area (Å²) in [5.74, 6) is 1.39. The Kier molecular flexibility index (Phi) is 4.36. The Labute approximate surface area is 207 Å². The molecule has 0 radical (unpaired) electrons. The second-order valence-corrected chi connectivity index (χ2v) is 10.2. The fraction of sp³-hybridized carbons (Fsp3) is 0.0968. The van der Waals surface area contributed by atoms with Crippen LogP contribution in [0.1, 0.15) is 16.7 Å². The van der Waals surface area contributed by atoms with Crippen LogP contribution in [0, 0.1) is 20.8 Å². The highest BCUT2D eigenvalue weighted by molar-refractivity contribution is 7.17. The summed E-state index contributed by atoms with van der Waals surface area (Å²) in [7, 11) is 0. The van der Waals surface area contributed by atoms with Gasteiger partial charge in [-0.25, -0.2) is 9.97 Å². The van der Waals surface area contributed by atoms with Gasteiger partial charge in [-0.05, 0) is 104 Å². The summed E-state index contributed by atoms with van der Waals surface area (Å²) in [4.78, 5) is 8.68. The topological polar surface area (TPSA) is 35.0 Å². The number of hydrogen-bond acceptors (Lipinski definition) is 4. The minimum Gasteiger partial charge on any atom is -0.437 e. The molecule has 7 aromatic rings. The summed E-state index contributed by atoms with van der Waals surface area (Å²) in [5.41, 5.74) is 7.18. The first-order valence-electron chi connectivity index (χ1n) is 11.7. The number of aromatic nitrogens is 2. The number of nitrogens with zero attached hydrogens (tertiary/aromatic N) is 2. The Hall–Kier alpha value is -4.02. The second-order valence-electron chi connectivity index (χ2n) is 9.27.